The minimum Gasteiger partial charge on any atom is -0.378 e. The van der Waals surface area contributed by atoms with Crippen LogP contribution < -0.4 is 0 Å². The van der Waals surface area contributed by atoms with Crippen molar-refractivity contribution in [1.82, 2.24) is 14.5 Å². The molecule has 0 N–H and O–H groups in total. The van der Waals surface area contributed by atoms with E-state index in [0.29, 0.717) is 32.1 Å². The molecule has 1 amide bonds. The predicted molar refractivity (Wildman–Crippen MR) is 133 cm³/mol. The molecule has 0 radical (unpaired) electrons. The molecule has 33 heavy (non-hydrogen) atoms. The highest BCUT2D eigenvalue weighted by Crippen LogP contribution is 2.38. The first-order valence-corrected chi connectivity index (χ1v) is 12.1. The highest BCUT2D eigenvalue weighted by atomic mass is 32.2. The summed E-state index contributed by atoms with van der Waals surface area (Å²) in [6.45, 7) is 2.50. The molecule has 1 aliphatic rings. The van der Waals surface area contributed by atoms with Crippen LogP contribution >= 0.6 is 11.8 Å². The van der Waals surface area contributed by atoms with E-state index in [2.05, 4.69) is 41.0 Å². The number of carbonyl (C=O) groups excluding carboxylic acids is 1. The average Bonchev–Trinajstić information content (AvgIpc) is 3.29. The third-order valence-electron chi connectivity index (χ3n) is 5.64. The SMILES string of the molecule is O=C(CSc1nc(-c2ccccc2)c(-c2ccccc2)n1-c1ccccc1)N1CCOCC1. The van der Waals surface area contributed by atoms with E-state index in [0.717, 1.165) is 33.4 Å². The third kappa shape index (κ3) is 4.72. The molecule has 5 rings (SSSR count). The zero-order valence-corrected chi connectivity index (χ0v) is 19.1. The van der Waals surface area contributed by atoms with Crippen molar-refractivity contribution in [2.24, 2.45) is 0 Å². The van der Waals surface area contributed by atoms with Gasteiger partial charge in [0.1, 0.15) is 0 Å². The molecule has 0 saturated carbocycles. The minimum absolute atomic E-state index is 0.119. The smallest absolute Gasteiger partial charge is 0.233 e. The first-order valence-electron chi connectivity index (χ1n) is 11.1. The van der Waals surface area contributed by atoms with Gasteiger partial charge in [-0.1, -0.05) is 90.6 Å². The van der Waals surface area contributed by atoms with Crippen LogP contribution in [0.2, 0.25) is 0 Å². The van der Waals surface area contributed by atoms with Crippen LogP contribution in [0.25, 0.3) is 28.2 Å². The molecular formula is C27H25N3O2S. The number of hydrogen-bond donors (Lipinski definition) is 0. The van der Waals surface area contributed by atoms with E-state index in [1.54, 1.807) is 0 Å². The number of para-hydroxylation sites is 1. The van der Waals surface area contributed by atoms with Gasteiger partial charge in [-0.25, -0.2) is 4.98 Å². The summed E-state index contributed by atoms with van der Waals surface area (Å²) in [5, 5.41) is 0.806. The zero-order chi connectivity index (χ0) is 22.5. The molecule has 166 valence electrons. The van der Waals surface area contributed by atoms with Gasteiger partial charge in [0.05, 0.1) is 30.4 Å². The molecule has 1 aromatic heterocycles. The lowest BCUT2D eigenvalue weighted by Crippen LogP contribution is -2.41. The van der Waals surface area contributed by atoms with Gasteiger partial charge in [-0.05, 0) is 12.1 Å². The lowest BCUT2D eigenvalue weighted by Gasteiger charge is -2.26. The Morgan fingerprint density at radius 3 is 2.03 bits per heavy atom. The summed E-state index contributed by atoms with van der Waals surface area (Å²) in [4.78, 5) is 19.8. The Hall–Kier alpha value is -3.35. The summed E-state index contributed by atoms with van der Waals surface area (Å²) in [5.41, 5.74) is 5.08. The third-order valence-corrected chi connectivity index (χ3v) is 6.57. The fourth-order valence-electron chi connectivity index (χ4n) is 4.00. The number of rotatable bonds is 6. The van der Waals surface area contributed by atoms with Crippen molar-refractivity contribution in [2.75, 3.05) is 32.1 Å². The summed E-state index contributed by atoms with van der Waals surface area (Å²) in [7, 11) is 0. The van der Waals surface area contributed by atoms with E-state index >= 15 is 0 Å². The maximum absolute atomic E-state index is 12.9. The van der Waals surface area contributed by atoms with E-state index in [1.807, 2.05) is 59.5 Å². The van der Waals surface area contributed by atoms with Crippen molar-refractivity contribution >= 4 is 17.7 Å². The van der Waals surface area contributed by atoms with E-state index in [-0.39, 0.29) is 5.91 Å². The van der Waals surface area contributed by atoms with Gasteiger partial charge >= 0.3 is 0 Å². The zero-order valence-electron chi connectivity index (χ0n) is 18.3. The number of nitrogens with zero attached hydrogens (tertiary/aromatic N) is 3. The summed E-state index contributed by atoms with van der Waals surface area (Å²) < 4.78 is 7.57. The molecule has 3 aromatic carbocycles. The van der Waals surface area contributed by atoms with Gasteiger partial charge in [0.2, 0.25) is 5.91 Å². The number of amides is 1. The lowest BCUT2D eigenvalue weighted by atomic mass is 10.0. The van der Waals surface area contributed by atoms with Crippen molar-refractivity contribution in [3.05, 3.63) is 91.0 Å². The van der Waals surface area contributed by atoms with Crippen LogP contribution in [0.1, 0.15) is 0 Å². The van der Waals surface area contributed by atoms with Gasteiger partial charge in [0.15, 0.2) is 5.16 Å². The maximum atomic E-state index is 12.9. The van der Waals surface area contributed by atoms with Crippen molar-refractivity contribution in [1.29, 1.82) is 0 Å². The fourth-order valence-corrected chi connectivity index (χ4v) is 4.92. The number of benzene rings is 3. The Labute approximate surface area is 198 Å². The van der Waals surface area contributed by atoms with Crippen LogP contribution in [0.5, 0.6) is 0 Å². The molecule has 0 spiro atoms. The second-order valence-corrected chi connectivity index (χ2v) is 8.72. The van der Waals surface area contributed by atoms with Gasteiger partial charge in [0, 0.05) is 29.9 Å². The summed E-state index contributed by atoms with van der Waals surface area (Å²) in [5.74, 6) is 0.459. The summed E-state index contributed by atoms with van der Waals surface area (Å²) >= 11 is 1.49. The number of carbonyl (C=O) groups is 1. The van der Waals surface area contributed by atoms with Crippen LogP contribution in [-0.4, -0.2) is 52.4 Å². The number of morpholine rings is 1. The molecule has 0 atom stereocenters. The Bertz CT molecular complexity index is 1200. The molecule has 2 heterocycles. The molecule has 0 bridgehead atoms. The molecule has 6 heteroatoms. The number of hydrogen-bond acceptors (Lipinski definition) is 4. The first kappa shape index (κ1) is 21.5. The van der Waals surface area contributed by atoms with Gasteiger partial charge in [-0.15, -0.1) is 0 Å². The second kappa shape index (κ2) is 10.1. The van der Waals surface area contributed by atoms with Crippen molar-refractivity contribution in [2.45, 2.75) is 5.16 Å². The quantitative estimate of drug-likeness (QED) is 0.377. The molecule has 1 aliphatic heterocycles. The lowest BCUT2D eigenvalue weighted by molar-refractivity contribution is -0.132. The fraction of sp³-hybridized carbons (Fsp3) is 0.185. The summed E-state index contributed by atoms with van der Waals surface area (Å²) in [6.07, 6.45) is 0. The Morgan fingerprint density at radius 2 is 1.39 bits per heavy atom. The Balaban J connectivity index is 1.60. The van der Waals surface area contributed by atoms with E-state index in [4.69, 9.17) is 9.72 Å². The highest BCUT2D eigenvalue weighted by molar-refractivity contribution is 7.99. The van der Waals surface area contributed by atoms with Gasteiger partial charge in [-0.2, -0.15) is 0 Å². The normalized spacial score (nSPS) is 13.8. The standard InChI is InChI=1S/C27H25N3O2S/c31-24(29-16-18-32-19-17-29)20-33-27-28-25(21-10-4-1-5-11-21)26(22-12-6-2-7-13-22)30(27)23-14-8-3-9-15-23/h1-15H,16-20H2. The van der Waals surface area contributed by atoms with E-state index in [9.17, 15) is 4.79 Å². The summed E-state index contributed by atoms with van der Waals surface area (Å²) in [6, 6.07) is 30.8. The Morgan fingerprint density at radius 1 is 0.818 bits per heavy atom. The van der Waals surface area contributed by atoms with Crippen LogP contribution in [0.3, 0.4) is 0 Å². The van der Waals surface area contributed by atoms with Gasteiger partial charge in [0.25, 0.3) is 0 Å². The Kier molecular flexibility index (Phi) is 6.56. The molecule has 0 aliphatic carbocycles. The molecule has 0 unspecified atom stereocenters. The number of thioether (sulfide) groups is 1. The van der Waals surface area contributed by atoms with Crippen LogP contribution in [0.4, 0.5) is 0 Å². The van der Waals surface area contributed by atoms with Crippen molar-refractivity contribution < 1.29 is 9.53 Å². The van der Waals surface area contributed by atoms with Crippen LogP contribution in [-0.2, 0) is 9.53 Å². The molecule has 4 aromatic rings. The first-order chi connectivity index (χ1) is 16.3. The molecule has 1 saturated heterocycles. The number of imidazole rings is 1. The second-order valence-electron chi connectivity index (χ2n) is 7.78. The van der Waals surface area contributed by atoms with Crippen LogP contribution in [0.15, 0.2) is 96.2 Å². The van der Waals surface area contributed by atoms with E-state index in [1.165, 1.54) is 11.8 Å². The topological polar surface area (TPSA) is 47.4 Å². The largest absolute Gasteiger partial charge is 0.378 e. The molecule has 5 nitrogen and oxygen atoms in total. The predicted octanol–water partition coefficient (Wildman–Crippen LogP) is 5.16. The maximum Gasteiger partial charge on any atom is 0.233 e. The van der Waals surface area contributed by atoms with E-state index < -0.39 is 0 Å². The minimum atomic E-state index is 0.119. The number of ether oxygens (including phenoxy) is 1. The van der Waals surface area contributed by atoms with Gasteiger partial charge in [-0.3, -0.25) is 9.36 Å². The average molecular weight is 456 g/mol. The molecular weight excluding hydrogens is 430 g/mol. The van der Waals surface area contributed by atoms with Crippen LogP contribution in [0, 0.1) is 0 Å². The highest BCUT2D eigenvalue weighted by Gasteiger charge is 2.23. The van der Waals surface area contributed by atoms with Crippen molar-refractivity contribution in [3.8, 4) is 28.2 Å². The molecule has 1 fully saturated rings. The van der Waals surface area contributed by atoms with Gasteiger partial charge < -0.3 is 9.64 Å². The monoisotopic (exact) mass is 455 g/mol. The van der Waals surface area contributed by atoms with Crippen molar-refractivity contribution in [3.63, 3.8) is 0 Å². The number of aromatic nitrogens is 2.